The Morgan fingerprint density at radius 1 is 1.00 bits per heavy atom. The molecule has 1 N–H and O–H groups in total. The Morgan fingerprint density at radius 2 is 1.50 bits per heavy atom. The summed E-state index contributed by atoms with van der Waals surface area (Å²) in [5.74, 6) is 3.01. The third kappa shape index (κ3) is 7.86. The highest BCUT2D eigenvalue weighted by atomic mass is 35.5. The van der Waals surface area contributed by atoms with Crippen molar-refractivity contribution in [2.75, 3.05) is 40.9 Å². The number of rotatable bonds is 4. The average molecular weight is 458 g/mol. The van der Waals surface area contributed by atoms with Crippen molar-refractivity contribution in [3.63, 3.8) is 0 Å². The molecule has 0 spiro atoms. The number of aromatic hydroxyl groups is 1. The summed E-state index contributed by atoms with van der Waals surface area (Å²) in [5, 5.41) is 16.6. The summed E-state index contributed by atoms with van der Waals surface area (Å²) in [5.41, 5.74) is 0.508. The van der Waals surface area contributed by atoms with Gasteiger partial charge < -0.3 is 28.8 Å². The van der Waals surface area contributed by atoms with Crippen LogP contribution >= 0.6 is 21.5 Å². The minimum Gasteiger partial charge on any atom is -0.508 e. The molecule has 0 saturated carbocycles. The number of Topliss-reactive ketones (excluding diaryl/α,β-unsaturated/α-hetero) is 1. The summed E-state index contributed by atoms with van der Waals surface area (Å²) in [4.78, 5) is 11.4. The second-order valence-electron chi connectivity index (χ2n) is 5.28. The van der Waals surface area contributed by atoms with E-state index in [4.69, 9.17) is 45.7 Å². The third-order valence-electron chi connectivity index (χ3n) is 3.53. The lowest BCUT2D eigenvalue weighted by molar-refractivity contribution is 0.0959. The van der Waals surface area contributed by atoms with E-state index in [-0.39, 0.29) is 33.9 Å². The van der Waals surface area contributed by atoms with Crippen LogP contribution in [0.25, 0.3) is 0 Å². The molecular weight excluding hydrogens is 433 g/mol. The summed E-state index contributed by atoms with van der Waals surface area (Å²) in [6, 6.07) is 9.78. The lowest BCUT2D eigenvalue weighted by atomic mass is 10.1. The van der Waals surface area contributed by atoms with Crippen molar-refractivity contribution in [3.8, 4) is 40.6 Å². The van der Waals surface area contributed by atoms with Crippen molar-refractivity contribution in [2.45, 2.75) is 0 Å². The Labute approximate surface area is 183 Å². The second kappa shape index (κ2) is 14.2. The third-order valence-corrected chi connectivity index (χ3v) is 3.65. The Morgan fingerprint density at radius 3 is 1.93 bits per heavy atom. The van der Waals surface area contributed by atoms with Gasteiger partial charge in [0.1, 0.15) is 45.9 Å². The molecule has 1 heterocycles. The average Bonchev–Trinajstić information content (AvgIpc) is 3.13. The van der Waals surface area contributed by atoms with Gasteiger partial charge in [0.05, 0.1) is 34.5 Å². The molecule has 0 aliphatic carbocycles. The van der Waals surface area contributed by atoms with Crippen LogP contribution in [0.3, 0.4) is 0 Å². The molecule has 30 heavy (non-hydrogen) atoms. The molecule has 0 radical (unpaired) electrons. The van der Waals surface area contributed by atoms with E-state index in [0.717, 1.165) is 0 Å². The number of ether oxygens (including phenoxy) is 5. The van der Waals surface area contributed by atoms with Crippen LogP contribution < -0.4 is 23.7 Å². The molecule has 0 saturated heterocycles. The maximum atomic E-state index is 11.4. The van der Waals surface area contributed by atoms with Gasteiger partial charge in [-0.25, -0.2) is 0 Å². The summed E-state index contributed by atoms with van der Waals surface area (Å²) in [6.45, 7) is 0.0822. The van der Waals surface area contributed by atoms with Gasteiger partial charge in [-0.15, -0.1) is 11.6 Å². The molecule has 164 valence electrons. The van der Waals surface area contributed by atoms with Crippen LogP contribution in [0.4, 0.5) is 0 Å². The van der Waals surface area contributed by atoms with Crippen molar-refractivity contribution in [2.24, 2.45) is 0 Å². The van der Waals surface area contributed by atoms with E-state index in [1.165, 1.54) is 33.5 Å². The molecule has 1 aliphatic heterocycles. The van der Waals surface area contributed by atoms with E-state index in [9.17, 15) is 4.79 Å². The van der Waals surface area contributed by atoms with E-state index in [1.54, 1.807) is 31.4 Å². The van der Waals surface area contributed by atoms with Crippen molar-refractivity contribution >= 4 is 27.3 Å². The first-order valence-electron chi connectivity index (χ1n) is 8.20. The zero-order valence-corrected chi connectivity index (χ0v) is 19.4. The van der Waals surface area contributed by atoms with E-state index < -0.39 is 0 Å². The molecule has 3 rings (SSSR count). The highest BCUT2D eigenvalue weighted by Crippen LogP contribution is 2.37. The molecule has 0 fully saturated rings. The lowest BCUT2D eigenvalue weighted by Gasteiger charge is -2.07. The number of hydrogen-bond donors (Lipinski definition) is 1. The molecular formula is C20H25ClNO7P. The van der Waals surface area contributed by atoms with E-state index >= 15 is 0 Å². The Kier molecular flexibility index (Phi) is 12.8. The van der Waals surface area contributed by atoms with Crippen molar-refractivity contribution in [1.82, 2.24) is 0 Å². The van der Waals surface area contributed by atoms with Gasteiger partial charge in [-0.3, -0.25) is 4.79 Å². The van der Waals surface area contributed by atoms with Crippen LogP contribution in [0.1, 0.15) is 10.4 Å². The summed E-state index contributed by atoms with van der Waals surface area (Å²) >= 11 is 4.82. The van der Waals surface area contributed by atoms with Crippen LogP contribution in [-0.2, 0) is 0 Å². The molecule has 0 bridgehead atoms. The van der Waals surface area contributed by atoms with Crippen molar-refractivity contribution in [3.05, 3.63) is 35.9 Å². The topological polar surface area (TPSA) is 107 Å². The lowest BCUT2D eigenvalue weighted by Crippen LogP contribution is -2.00. The van der Waals surface area contributed by atoms with E-state index in [2.05, 4.69) is 0 Å². The predicted octanol–water partition coefficient (Wildman–Crippen LogP) is 3.50. The van der Waals surface area contributed by atoms with Gasteiger partial charge in [-0.1, -0.05) is 0 Å². The second-order valence-corrected chi connectivity index (χ2v) is 5.54. The van der Waals surface area contributed by atoms with Gasteiger partial charge in [0.2, 0.25) is 5.78 Å². The Balaban J connectivity index is 0.000000473. The minimum absolute atomic E-state index is 0. The predicted molar refractivity (Wildman–Crippen MR) is 118 cm³/mol. The van der Waals surface area contributed by atoms with Crippen LogP contribution in [-0.4, -0.2) is 51.8 Å². The van der Waals surface area contributed by atoms with Crippen LogP contribution in [0.5, 0.6) is 34.5 Å². The first kappa shape index (κ1) is 27.1. The number of methoxy groups -OCH3 is 4. The Bertz CT molecular complexity index is 849. The zero-order valence-electron chi connectivity index (χ0n) is 17.2. The molecule has 0 aromatic heterocycles. The smallest absolute Gasteiger partial charge is 0.207 e. The number of halogens is 1. The van der Waals surface area contributed by atoms with Crippen LogP contribution in [0.15, 0.2) is 30.3 Å². The molecule has 1 atom stereocenters. The highest BCUT2D eigenvalue weighted by molar-refractivity contribution is 6.92. The number of fused-ring (bicyclic) bond motifs is 1. The van der Waals surface area contributed by atoms with Crippen molar-refractivity contribution in [1.29, 1.82) is 5.26 Å². The monoisotopic (exact) mass is 457 g/mol. The molecule has 8 nitrogen and oxygen atoms in total. The standard InChI is InChI=1S/C10H10O4.C8H10O3.C2H2ClN.H3P/c1-12-6-3-8(13-2)10-7(11)5-14-9(10)4-6;1-10-7-3-6(9)4-8(5-7)11-2;3-1-2-4;/h3-4H,5H2,1-2H3;3-5,9H,1-2H3;1H2;1H3. The quantitative estimate of drug-likeness (QED) is 0.549. The maximum Gasteiger partial charge on any atom is 0.207 e. The first-order valence-corrected chi connectivity index (χ1v) is 8.74. The number of carbonyl (C=O) groups excluding carboxylic acids is 1. The van der Waals surface area contributed by atoms with Gasteiger partial charge in [0.25, 0.3) is 0 Å². The first-order chi connectivity index (χ1) is 13.9. The molecule has 1 unspecified atom stereocenters. The van der Waals surface area contributed by atoms with Gasteiger partial charge >= 0.3 is 0 Å². The number of hydrogen-bond acceptors (Lipinski definition) is 8. The normalized spacial score (nSPS) is 10.3. The summed E-state index contributed by atoms with van der Waals surface area (Å²) in [7, 11) is 6.14. The fraction of sp³-hybridized carbons (Fsp3) is 0.300. The number of nitriles is 1. The fourth-order valence-corrected chi connectivity index (χ4v) is 2.24. The number of alkyl halides is 1. The molecule has 2 aromatic rings. The molecule has 2 aromatic carbocycles. The maximum absolute atomic E-state index is 11.4. The molecule has 1 aliphatic rings. The number of phenols is 1. The zero-order chi connectivity index (χ0) is 21.8. The van der Waals surface area contributed by atoms with Crippen LogP contribution in [0, 0.1) is 11.3 Å². The van der Waals surface area contributed by atoms with Gasteiger partial charge in [-0.05, 0) is 0 Å². The largest absolute Gasteiger partial charge is 0.508 e. The molecule has 0 amide bonds. The number of phenolic OH excluding ortho intramolecular Hbond substituents is 1. The highest BCUT2D eigenvalue weighted by Gasteiger charge is 2.26. The van der Waals surface area contributed by atoms with Gasteiger partial charge in [0, 0.05) is 30.3 Å². The van der Waals surface area contributed by atoms with E-state index in [1.807, 2.05) is 0 Å². The number of carbonyl (C=O) groups is 1. The summed E-state index contributed by atoms with van der Waals surface area (Å²) in [6.07, 6.45) is 0. The number of ketones is 1. The number of nitrogens with zero attached hydrogens (tertiary/aromatic N) is 1. The van der Waals surface area contributed by atoms with Gasteiger partial charge in [-0.2, -0.15) is 15.2 Å². The minimum atomic E-state index is -0.0560. The Hall–Kier alpha value is -2.88. The van der Waals surface area contributed by atoms with Gasteiger partial charge in [0.15, 0.2) is 6.61 Å². The fourth-order valence-electron chi connectivity index (χ4n) is 2.24. The number of benzene rings is 2. The van der Waals surface area contributed by atoms with Crippen LogP contribution in [0.2, 0.25) is 0 Å². The summed E-state index contributed by atoms with van der Waals surface area (Å²) < 4.78 is 25.1. The van der Waals surface area contributed by atoms with E-state index in [0.29, 0.717) is 34.3 Å². The van der Waals surface area contributed by atoms with Crippen molar-refractivity contribution < 1.29 is 33.6 Å². The molecule has 10 heteroatoms. The SMILES string of the molecule is COc1cc(O)cc(OC)c1.COc1cc(OC)c2c(c1)OCC2=O.N#CCCl.P.